The molecule has 0 radical (unpaired) electrons. The Hall–Kier alpha value is -1.15. The average Bonchev–Trinajstić information content (AvgIpc) is 2.59. The molecule has 1 saturated heterocycles. The molecule has 142 valence electrons. The van der Waals surface area contributed by atoms with Crippen molar-refractivity contribution in [3.63, 3.8) is 0 Å². The van der Waals surface area contributed by atoms with Gasteiger partial charge in [-0.1, -0.05) is 13.8 Å². The van der Waals surface area contributed by atoms with E-state index in [-0.39, 0.29) is 10.9 Å². The molecule has 1 atom stereocenters. The molecule has 1 unspecified atom stereocenters. The second-order valence-corrected chi connectivity index (χ2v) is 8.68. The van der Waals surface area contributed by atoms with Gasteiger partial charge in [0.15, 0.2) is 0 Å². The van der Waals surface area contributed by atoms with E-state index < -0.39 is 10.0 Å². The largest absolute Gasteiger partial charge is 0.496 e. The quantitative estimate of drug-likeness (QED) is 0.758. The summed E-state index contributed by atoms with van der Waals surface area (Å²) in [7, 11) is -1.96. The van der Waals surface area contributed by atoms with Gasteiger partial charge in [-0.15, -0.1) is 0 Å². The molecular weight excluding hydrogens is 340 g/mol. The van der Waals surface area contributed by atoms with Crippen LogP contribution >= 0.6 is 0 Å². The molecule has 0 saturated carbocycles. The van der Waals surface area contributed by atoms with Crippen LogP contribution in [0.25, 0.3) is 0 Å². The second-order valence-electron chi connectivity index (χ2n) is 6.92. The third-order valence-electron chi connectivity index (χ3n) is 4.49. The molecule has 7 heteroatoms. The van der Waals surface area contributed by atoms with Crippen molar-refractivity contribution in [3.8, 4) is 5.75 Å². The molecule has 1 heterocycles. The smallest absolute Gasteiger partial charge is 0.240 e. The van der Waals surface area contributed by atoms with Gasteiger partial charge in [0.05, 0.1) is 25.2 Å². The molecule has 0 aliphatic carbocycles. The second kappa shape index (κ2) is 8.98. The number of nitrogens with one attached hydrogen (secondary N) is 1. The Morgan fingerprint density at radius 3 is 2.52 bits per heavy atom. The van der Waals surface area contributed by atoms with Crippen LogP contribution in [0.3, 0.4) is 0 Å². The molecular formula is C18H30N2O4S. The normalized spacial score (nSPS) is 17.6. The van der Waals surface area contributed by atoms with Gasteiger partial charge in [0.25, 0.3) is 0 Å². The molecule has 1 N–H and O–H groups in total. The Bertz CT molecular complexity index is 655. The predicted octanol–water partition coefficient (Wildman–Crippen LogP) is 2.03. The van der Waals surface area contributed by atoms with Gasteiger partial charge >= 0.3 is 0 Å². The monoisotopic (exact) mass is 370 g/mol. The maximum absolute atomic E-state index is 12.7. The van der Waals surface area contributed by atoms with E-state index in [4.69, 9.17) is 9.47 Å². The van der Waals surface area contributed by atoms with Crippen molar-refractivity contribution in [3.05, 3.63) is 23.8 Å². The van der Waals surface area contributed by atoms with Gasteiger partial charge in [0.2, 0.25) is 10.0 Å². The van der Waals surface area contributed by atoms with Gasteiger partial charge in [-0.05, 0) is 43.0 Å². The summed E-state index contributed by atoms with van der Waals surface area (Å²) in [6, 6.07) is 5.10. The number of hydrogen-bond donors (Lipinski definition) is 1. The van der Waals surface area contributed by atoms with Crippen LogP contribution in [0.4, 0.5) is 0 Å². The van der Waals surface area contributed by atoms with Gasteiger partial charge in [0.1, 0.15) is 5.75 Å². The average molecular weight is 371 g/mol. The fourth-order valence-electron chi connectivity index (χ4n) is 3.16. The fraction of sp³-hybridized carbons (Fsp3) is 0.667. The molecule has 1 aliphatic rings. The van der Waals surface area contributed by atoms with Gasteiger partial charge in [-0.2, -0.15) is 0 Å². The van der Waals surface area contributed by atoms with E-state index in [0.717, 1.165) is 25.1 Å². The number of methoxy groups -OCH3 is 1. The van der Waals surface area contributed by atoms with Crippen molar-refractivity contribution < 1.29 is 17.9 Å². The number of hydrogen-bond acceptors (Lipinski definition) is 5. The molecule has 0 amide bonds. The molecule has 6 nitrogen and oxygen atoms in total. The number of sulfonamides is 1. The van der Waals surface area contributed by atoms with Crippen LogP contribution < -0.4 is 9.46 Å². The Morgan fingerprint density at radius 1 is 1.28 bits per heavy atom. The van der Waals surface area contributed by atoms with E-state index in [9.17, 15) is 8.42 Å². The molecule has 2 rings (SSSR count). The first-order valence-electron chi connectivity index (χ1n) is 8.79. The minimum atomic E-state index is -3.54. The lowest BCUT2D eigenvalue weighted by molar-refractivity contribution is 0.0134. The molecule has 25 heavy (non-hydrogen) atoms. The lowest BCUT2D eigenvalue weighted by atomic mass is 10.0. The third kappa shape index (κ3) is 5.67. The third-order valence-corrected chi connectivity index (χ3v) is 5.91. The highest BCUT2D eigenvalue weighted by Gasteiger charge is 2.24. The van der Waals surface area contributed by atoms with Gasteiger partial charge < -0.3 is 9.47 Å². The zero-order valence-electron chi connectivity index (χ0n) is 15.6. The van der Waals surface area contributed by atoms with E-state index in [1.807, 2.05) is 6.92 Å². The van der Waals surface area contributed by atoms with E-state index in [0.29, 0.717) is 31.4 Å². The summed E-state index contributed by atoms with van der Waals surface area (Å²) in [6.07, 6.45) is 0.949. The number of ether oxygens (including phenoxy) is 2. The number of rotatable bonds is 8. The van der Waals surface area contributed by atoms with E-state index in [1.54, 1.807) is 25.3 Å². The lowest BCUT2D eigenvalue weighted by Gasteiger charge is -2.35. The van der Waals surface area contributed by atoms with Crippen LogP contribution in [-0.2, 0) is 14.8 Å². The van der Waals surface area contributed by atoms with E-state index in [1.165, 1.54) is 0 Å². The molecule has 0 aromatic heterocycles. The summed E-state index contributed by atoms with van der Waals surface area (Å²) in [5, 5.41) is 0. The molecule has 1 aromatic carbocycles. The maximum Gasteiger partial charge on any atom is 0.240 e. The molecule has 1 aliphatic heterocycles. The fourth-order valence-corrected chi connectivity index (χ4v) is 4.31. The first kappa shape index (κ1) is 20.2. The minimum Gasteiger partial charge on any atom is -0.496 e. The van der Waals surface area contributed by atoms with Crippen LogP contribution in [0.1, 0.15) is 25.8 Å². The summed E-state index contributed by atoms with van der Waals surface area (Å²) in [5.41, 5.74) is 0.803. The molecule has 0 spiro atoms. The zero-order chi connectivity index (χ0) is 18.4. The highest BCUT2D eigenvalue weighted by Crippen LogP contribution is 2.21. The van der Waals surface area contributed by atoms with Crippen molar-refractivity contribution in [1.29, 1.82) is 0 Å². The molecule has 0 bridgehead atoms. The van der Waals surface area contributed by atoms with Crippen LogP contribution in [0, 0.1) is 12.8 Å². The number of aryl methyl sites for hydroxylation is 1. The lowest BCUT2D eigenvalue weighted by Crippen LogP contribution is -2.49. The van der Waals surface area contributed by atoms with E-state index in [2.05, 4.69) is 23.5 Å². The van der Waals surface area contributed by atoms with Crippen LogP contribution in [0.2, 0.25) is 0 Å². The van der Waals surface area contributed by atoms with Crippen LogP contribution in [-0.4, -0.2) is 59.3 Å². The molecule has 1 fully saturated rings. The zero-order valence-corrected chi connectivity index (χ0v) is 16.4. The SMILES string of the molecule is COc1ccc(S(=O)(=O)NCC(CC(C)C)N2CCOCC2)cc1C. The highest BCUT2D eigenvalue weighted by atomic mass is 32.2. The Labute approximate surface area is 151 Å². The first-order valence-corrected chi connectivity index (χ1v) is 10.3. The van der Waals surface area contributed by atoms with Crippen molar-refractivity contribution in [2.24, 2.45) is 5.92 Å². The predicted molar refractivity (Wildman–Crippen MR) is 98.6 cm³/mol. The number of benzene rings is 1. The van der Waals surface area contributed by atoms with Crippen molar-refractivity contribution in [2.75, 3.05) is 40.0 Å². The summed E-state index contributed by atoms with van der Waals surface area (Å²) in [4.78, 5) is 2.60. The van der Waals surface area contributed by atoms with Crippen molar-refractivity contribution in [2.45, 2.75) is 38.1 Å². The van der Waals surface area contributed by atoms with Crippen molar-refractivity contribution >= 4 is 10.0 Å². The van der Waals surface area contributed by atoms with Crippen LogP contribution in [0.5, 0.6) is 5.75 Å². The summed E-state index contributed by atoms with van der Waals surface area (Å²) in [5.74, 6) is 1.19. The van der Waals surface area contributed by atoms with Crippen LogP contribution in [0.15, 0.2) is 23.1 Å². The minimum absolute atomic E-state index is 0.179. The van der Waals surface area contributed by atoms with Crippen molar-refractivity contribution in [1.82, 2.24) is 9.62 Å². The summed E-state index contributed by atoms with van der Waals surface area (Å²) < 4.78 is 38.7. The van der Waals surface area contributed by atoms with Gasteiger partial charge in [-0.25, -0.2) is 13.1 Å². The summed E-state index contributed by atoms with van der Waals surface area (Å²) in [6.45, 7) is 9.68. The van der Waals surface area contributed by atoms with Gasteiger partial charge in [0, 0.05) is 25.7 Å². The standard InChI is InChI=1S/C18H30N2O4S/c1-14(2)11-16(20-7-9-24-10-8-20)13-19-25(21,22)17-5-6-18(23-4)15(3)12-17/h5-6,12,14,16,19H,7-11,13H2,1-4H3. The number of nitrogens with zero attached hydrogens (tertiary/aromatic N) is 1. The Kier molecular flexibility index (Phi) is 7.25. The van der Waals surface area contributed by atoms with Gasteiger partial charge in [-0.3, -0.25) is 4.90 Å². The maximum atomic E-state index is 12.7. The highest BCUT2D eigenvalue weighted by molar-refractivity contribution is 7.89. The number of morpholine rings is 1. The molecule has 1 aromatic rings. The summed E-state index contributed by atoms with van der Waals surface area (Å²) >= 11 is 0. The van der Waals surface area contributed by atoms with E-state index >= 15 is 0 Å². The Balaban J connectivity index is 2.07. The topological polar surface area (TPSA) is 67.9 Å². The Morgan fingerprint density at radius 2 is 1.96 bits per heavy atom. The first-order chi connectivity index (χ1) is 11.8.